The summed E-state index contributed by atoms with van der Waals surface area (Å²) in [6, 6.07) is 4.60. The van der Waals surface area contributed by atoms with Crippen molar-refractivity contribution in [2.45, 2.75) is 71.9 Å². The Kier molecular flexibility index (Phi) is 8.07. The molecule has 0 saturated heterocycles. The number of fused-ring (bicyclic) bond motifs is 1. The fraction of sp³-hybridized carbons (Fsp3) is 0.452. The van der Waals surface area contributed by atoms with Crippen LogP contribution >= 0.6 is 0 Å². The van der Waals surface area contributed by atoms with Crippen LogP contribution in [-0.4, -0.2) is 46.8 Å². The Morgan fingerprint density at radius 3 is 2.78 bits per heavy atom. The predicted molar refractivity (Wildman–Crippen MR) is 154 cm³/mol. The van der Waals surface area contributed by atoms with Crippen molar-refractivity contribution in [1.82, 2.24) is 14.9 Å². The van der Waals surface area contributed by atoms with Crippen molar-refractivity contribution < 1.29 is 0 Å². The highest BCUT2D eigenvalue weighted by Gasteiger charge is 2.30. The molecule has 2 aromatic heterocycles. The smallest absolute Gasteiger partial charge is 0.127 e. The molecule has 3 atom stereocenters. The van der Waals surface area contributed by atoms with E-state index in [1.54, 1.807) is 0 Å². The molecule has 1 N–H and O–H groups in total. The van der Waals surface area contributed by atoms with Gasteiger partial charge in [-0.1, -0.05) is 38.2 Å². The third kappa shape index (κ3) is 5.16. The maximum Gasteiger partial charge on any atom is 0.127 e. The van der Waals surface area contributed by atoms with Crippen LogP contribution in [0.5, 0.6) is 0 Å². The van der Waals surface area contributed by atoms with Gasteiger partial charge in [-0.2, -0.15) is 0 Å². The van der Waals surface area contributed by atoms with Gasteiger partial charge in [-0.3, -0.25) is 9.98 Å². The number of aliphatic imine (C=N–C) groups is 1. The van der Waals surface area contributed by atoms with Gasteiger partial charge < -0.3 is 10.2 Å². The van der Waals surface area contributed by atoms with Crippen LogP contribution < -0.4 is 5.32 Å². The second kappa shape index (κ2) is 11.2. The molecule has 2 heterocycles. The molecule has 0 aromatic carbocycles. The van der Waals surface area contributed by atoms with Gasteiger partial charge in [-0.05, 0) is 80.9 Å². The van der Waals surface area contributed by atoms with Crippen molar-refractivity contribution in [2.24, 2.45) is 10.9 Å². The van der Waals surface area contributed by atoms with Crippen LogP contribution in [0.1, 0.15) is 65.4 Å². The lowest BCUT2D eigenvalue weighted by atomic mass is 9.80. The molecule has 5 nitrogen and oxygen atoms in total. The van der Waals surface area contributed by atoms with Gasteiger partial charge in [0.2, 0.25) is 0 Å². The number of rotatable bonds is 8. The Labute approximate surface area is 216 Å². The molecule has 0 spiro atoms. The zero-order valence-corrected chi connectivity index (χ0v) is 22.8. The summed E-state index contributed by atoms with van der Waals surface area (Å²) in [5.74, 6) is 1.54. The first-order chi connectivity index (χ1) is 17.4. The minimum atomic E-state index is 0.205. The molecule has 4 rings (SSSR count). The first-order valence-electron chi connectivity index (χ1n) is 13.3. The molecular weight excluding hydrogens is 442 g/mol. The van der Waals surface area contributed by atoms with E-state index < -0.39 is 0 Å². The second-order valence-electron chi connectivity index (χ2n) is 10.3. The van der Waals surface area contributed by atoms with Crippen molar-refractivity contribution in [3.63, 3.8) is 0 Å². The number of pyridine rings is 2. The van der Waals surface area contributed by atoms with E-state index >= 15 is 0 Å². The summed E-state index contributed by atoms with van der Waals surface area (Å²) in [4.78, 5) is 16.5. The SMILES string of the molecule is C=CN(C1C=C(c2cnc3cc(NC)ncc3c2)C(C)=CC1)C(CC)C(=NC)C1=C(C)CC[C@@H](C)C1. The molecule has 0 fully saturated rings. The van der Waals surface area contributed by atoms with Crippen molar-refractivity contribution >= 4 is 28.0 Å². The summed E-state index contributed by atoms with van der Waals surface area (Å²) in [5.41, 5.74) is 8.80. The normalized spacial score (nSPS) is 21.7. The first kappa shape index (κ1) is 25.9. The molecule has 2 aliphatic rings. The van der Waals surface area contributed by atoms with Crippen molar-refractivity contribution in [2.75, 3.05) is 19.4 Å². The summed E-state index contributed by atoms with van der Waals surface area (Å²) >= 11 is 0. The minimum absolute atomic E-state index is 0.205. The van der Waals surface area contributed by atoms with Gasteiger partial charge in [-0.25, -0.2) is 4.98 Å². The van der Waals surface area contributed by atoms with Gasteiger partial charge in [0, 0.05) is 43.5 Å². The maximum absolute atomic E-state index is 4.88. The van der Waals surface area contributed by atoms with Gasteiger partial charge in [0.1, 0.15) is 5.82 Å². The highest BCUT2D eigenvalue weighted by atomic mass is 15.2. The van der Waals surface area contributed by atoms with Crippen LogP contribution in [0.3, 0.4) is 0 Å². The molecule has 36 heavy (non-hydrogen) atoms. The largest absolute Gasteiger partial charge is 0.373 e. The van der Waals surface area contributed by atoms with E-state index in [4.69, 9.17) is 9.98 Å². The molecule has 5 heteroatoms. The molecule has 190 valence electrons. The topological polar surface area (TPSA) is 53.4 Å². The van der Waals surface area contributed by atoms with Crippen LogP contribution in [0.25, 0.3) is 16.5 Å². The quantitative estimate of drug-likeness (QED) is 0.403. The average Bonchev–Trinajstić information content (AvgIpc) is 2.90. The van der Waals surface area contributed by atoms with Crippen molar-refractivity contribution in [3.8, 4) is 0 Å². The summed E-state index contributed by atoms with van der Waals surface area (Å²) in [7, 11) is 3.83. The zero-order valence-electron chi connectivity index (χ0n) is 22.8. The Balaban J connectivity index is 1.68. The fourth-order valence-electron chi connectivity index (χ4n) is 5.72. The molecule has 0 bridgehead atoms. The van der Waals surface area contributed by atoms with Crippen LogP contribution in [0.15, 0.2) is 71.2 Å². The van der Waals surface area contributed by atoms with E-state index in [2.05, 4.69) is 67.7 Å². The third-order valence-corrected chi connectivity index (χ3v) is 7.87. The molecule has 0 amide bonds. The highest BCUT2D eigenvalue weighted by Crippen LogP contribution is 2.35. The van der Waals surface area contributed by atoms with E-state index in [0.717, 1.165) is 41.5 Å². The van der Waals surface area contributed by atoms with Gasteiger partial charge in [-0.15, -0.1) is 0 Å². The molecule has 2 aliphatic carbocycles. The molecule has 2 unspecified atom stereocenters. The van der Waals surface area contributed by atoms with Crippen LogP contribution in [0, 0.1) is 5.92 Å². The second-order valence-corrected chi connectivity index (χ2v) is 10.3. The molecular formula is C31H41N5. The number of nitrogens with zero attached hydrogens (tertiary/aromatic N) is 4. The van der Waals surface area contributed by atoms with Gasteiger partial charge in [0.15, 0.2) is 0 Å². The highest BCUT2D eigenvalue weighted by molar-refractivity contribution is 6.05. The zero-order chi connectivity index (χ0) is 25.8. The van der Waals surface area contributed by atoms with E-state index in [1.807, 2.05) is 38.8 Å². The number of nitrogens with one attached hydrogen (secondary N) is 1. The lowest BCUT2D eigenvalue weighted by molar-refractivity contribution is 0.279. The number of anilines is 1. The molecule has 0 radical (unpaired) electrons. The van der Waals surface area contributed by atoms with E-state index in [-0.39, 0.29) is 12.1 Å². The lowest BCUT2D eigenvalue weighted by Crippen LogP contribution is -2.44. The fourth-order valence-corrected chi connectivity index (χ4v) is 5.72. The van der Waals surface area contributed by atoms with E-state index in [1.165, 1.54) is 40.8 Å². The Morgan fingerprint density at radius 1 is 1.28 bits per heavy atom. The van der Waals surface area contributed by atoms with E-state index in [9.17, 15) is 0 Å². The van der Waals surface area contributed by atoms with Crippen LogP contribution in [0.4, 0.5) is 5.82 Å². The Morgan fingerprint density at radius 2 is 2.08 bits per heavy atom. The summed E-state index contributed by atoms with van der Waals surface area (Å²) in [6.45, 7) is 13.4. The maximum atomic E-state index is 4.88. The van der Waals surface area contributed by atoms with Crippen molar-refractivity contribution in [1.29, 1.82) is 0 Å². The third-order valence-electron chi connectivity index (χ3n) is 7.87. The lowest BCUT2D eigenvalue weighted by Gasteiger charge is -2.39. The standard InChI is InChI=1S/C31H41N5/c1-8-29(31(33-7)27-14-20(3)10-11-22(27)5)36(9-2)25-13-12-21(4)26(16-25)23-15-24-19-35-30(32-6)17-28(24)34-18-23/h9,12,15-20,25,29H,2,8,10-11,13-14H2,1,3-7H3,(H,32,35)/t20-,25?,29?/m1/s1. The predicted octanol–water partition coefficient (Wildman–Crippen LogP) is 7.20. The van der Waals surface area contributed by atoms with Gasteiger partial charge in [0.05, 0.1) is 23.3 Å². The molecule has 0 aliphatic heterocycles. The summed E-state index contributed by atoms with van der Waals surface area (Å²) in [5, 5.41) is 4.13. The number of hydrogen-bond donors (Lipinski definition) is 1. The minimum Gasteiger partial charge on any atom is -0.373 e. The van der Waals surface area contributed by atoms with E-state index in [0.29, 0.717) is 5.92 Å². The van der Waals surface area contributed by atoms with Crippen LogP contribution in [-0.2, 0) is 0 Å². The summed E-state index contributed by atoms with van der Waals surface area (Å²) in [6.07, 6.45) is 16.2. The van der Waals surface area contributed by atoms with Crippen molar-refractivity contribution in [3.05, 3.63) is 71.7 Å². The Hall–Kier alpha value is -3.21. The average molecular weight is 484 g/mol. The number of aromatic nitrogens is 2. The Bertz CT molecular complexity index is 1250. The molecule has 2 aromatic rings. The first-order valence-corrected chi connectivity index (χ1v) is 13.3. The van der Waals surface area contributed by atoms with Gasteiger partial charge >= 0.3 is 0 Å². The summed E-state index contributed by atoms with van der Waals surface area (Å²) < 4.78 is 0. The number of allylic oxidation sites excluding steroid dienone is 3. The molecule has 0 saturated carbocycles. The van der Waals surface area contributed by atoms with Crippen LogP contribution in [0.2, 0.25) is 0 Å². The van der Waals surface area contributed by atoms with Gasteiger partial charge in [0.25, 0.3) is 0 Å². The number of hydrogen-bond acceptors (Lipinski definition) is 5. The monoisotopic (exact) mass is 483 g/mol.